The third-order valence-electron chi connectivity index (χ3n) is 4.98. The van der Waals surface area contributed by atoms with Crippen LogP contribution < -0.4 is 27.4 Å². The van der Waals surface area contributed by atoms with E-state index in [1.165, 1.54) is 0 Å². The maximum absolute atomic E-state index is 6.25. The molecular formula is C22H25N7O2. The number of hydrazone groups is 1. The van der Waals surface area contributed by atoms with Gasteiger partial charge in [-0.25, -0.2) is 9.97 Å². The molecule has 3 aromatic rings. The molecule has 0 aliphatic carbocycles. The Balaban J connectivity index is 1.51. The molecule has 2 aromatic carbocycles. The summed E-state index contributed by atoms with van der Waals surface area (Å²) in [5.74, 6) is 6.63. The molecule has 9 nitrogen and oxygen atoms in total. The molecule has 0 radical (unpaired) electrons. The molecule has 4 rings (SSSR count). The Hall–Kier alpha value is -3.85. The summed E-state index contributed by atoms with van der Waals surface area (Å²) in [4.78, 5) is 8.89. The van der Waals surface area contributed by atoms with Gasteiger partial charge in [0.15, 0.2) is 0 Å². The number of amidine groups is 1. The third-order valence-corrected chi connectivity index (χ3v) is 4.98. The van der Waals surface area contributed by atoms with E-state index in [2.05, 4.69) is 20.4 Å². The number of hydrogen-bond donors (Lipinski definition) is 4. The van der Waals surface area contributed by atoms with Crippen molar-refractivity contribution < 1.29 is 9.47 Å². The van der Waals surface area contributed by atoms with Crippen LogP contribution in [0.1, 0.15) is 18.4 Å². The lowest BCUT2D eigenvalue weighted by atomic mass is 10.1. The fraction of sp³-hybridized carbons (Fsp3) is 0.227. The van der Waals surface area contributed by atoms with Gasteiger partial charge in [-0.15, -0.1) is 0 Å². The molecule has 31 heavy (non-hydrogen) atoms. The van der Waals surface area contributed by atoms with Crippen LogP contribution in [0, 0.1) is 0 Å². The van der Waals surface area contributed by atoms with Crippen molar-refractivity contribution >= 4 is 23.2 Å². The third kappa shape index (κ3) is 5.01. The number of anilines is 3. The molecule has 160 valence electrons. The number of benzene rings is 2. The lowest BCUT2D eigenvalue weighted by Crippen LogP contribution is -2.26. The summed E-state index contributed by atoms with van der Waals surface area (Å²) in [6.07, 6.45) is 3.55. The number of hydrogen-bond acceptors (Lipinski definition) is 8. The van der Waals surface area contributed by atoms with Gasteiger partial charge in [0.25, 0.3) is 0 Å². The van der Waals surface area contributed by atoms with E-state index in [1.807, 2.05) is 48.5 Å². The van der Waals surface area contributed by atoms with Crippen molar-refractivity contribution in [2.24, 2.45) is 16.7 Å². The van der Waals surface area contributed by atoms with Crippen LogP contribution in [0.15, 0.2) is 59.8 Å². The Morgan fingerprint density at radius 2 is 1.97 bits per heavy atom. The van der Waals surface area contributed by atoms with Gasteiger partial charge < -0.3 is 32.1 Å². The number of aromatic nitrogens is 2. The van der Waals surface area contributed by atoms with E-state index in [0.717, 1.165) is 29.8 Å². The molecule has 0 saturated carbocycles. The van der Waals surface area contributed by atoms with Crippen molar-refractivity contribution in [1.82, 2.24) is 9.97 Å². The van der Waals surface area contributed by atoms with Crippen LogP contribution in [0.3, 0.4) is 0 Å². The van der Waals surface area contributed by atoms with Gasteiger partial charge in [-0.1, -0.05) is 12.1 Å². The predicted molar refractivity (Wildman–Crippen MR) is 121 cm³/mol. The summed E-state index contributed by atoms with van der Waals surface area (Å²) in [6.45, 7) is 1.43. The van der Waals surface area contributed by atoms with Gasteiger partial charge in [0.05, 0.1) is 24.6 Å². The van der Waals surface area contributed by atoms with Crippen LogP contribution in [-0.4, -0.2) is 35.1 Å². The standard InChI is InChI=1S/C22H25N7O2/c23-18-13-14(4-5-20(18)31-17-7-10-30-11-8-17)19-6-9-26-22(28-19)27-16-3-1-2-15(12-16)21(24)29-25/h1-6,9,12-13,17H,7-8,10-11,23,25H2,(H2,24,29)(H,26,27,28). The Bertz CT molecular complexity index is 1080. The number of nitrogen functional groups attached to an aromatic ring is 1. The largest absolute Gasteiger partial charge is 0.488 e. The number of ether oxygens (including phenoxy) is 2. The highest BCUT2D eigenvalue weighted by Gasteiger charge is 2.17. The number of nitrogens with two attached hydrogens (primary N) is 3. The van der Waals surface area contributed by atoms with Crippen LogP contribution in [0.4, 0.5) is 17.3 Å². The first-order chi connectivity index (χ1) is 15.1. The molecule has 2 heterocycles. The van der Waals surface area contributed by atoms with E-state index in [-0.39, 0.29) is 11.9 Å². The van der Waals surface area contributed by atoms with Gasteiger partial charge in [0.1, 0.15) is 17.7 Å². The minimum absolute atomic E-state index is 0.130. The van der Waals surface area contributed by atoms with Gasteiger partial charge in [0.2, 0.25) is 5.95 Å². The molecule has 0 amide bonds. The highest BCUT2D eigenvalue weighted by molar-refractivity contribution is 5.98. The molecule has 9 heteroatoms. The summed E-state index contributed by atoms with van der Waals surface area (Å²) in [7, 11) is 0. The summed E-state index contributed by atoms with van der Waals surface area (Å²) in [5.41, 5.74) is 15.7. The molecule has 1 aromatic heterocycles. The van der Waals surface area contributed by atoms with E-state index in [0.29, 0.717) is 36.2 Å². The van der Waals surface area contributed by atoms with Crippen molar-refractivity contribution in [3.05, 3.63) is 60.3 Å². The van der Waals surface area contributed by atoms with Crippen molar-refractivity contribution in [2.75, 3.05) is 24.3 Å². The average molecular weight is 419 g/mol. The molecule has 7 N–H and O–H groups in total. The lowest BCUT2D eigenvalue weighted by Gasteiger charge is -2.24. The Labute approximate surface area is 180 Å². The first kappa shape index (κ1) is 20.4. The van der Waals surface area contributed by atoms with Crippen LogP contribution in [0.25, 0.3) is 11.3 Å². The topological polar surface area (TPSA) is 147 Å². The van der Waals surface area contributed by atoms with E-state index in [9.17, 15) is 0 Å². The highest BCUT2D eigenvalue weighted by atomic mass is 16.5. The Morgan fingerprint density at radius 1 is 1.13 bits per heavy atom. The van der Waals surface area contributed by atoms with Crippen molar-refractivity contribution in [2.45, 2.75) is 18.9 Å². The van der Waals surface area contributed by atoms with Crippen LogP contribution in [0.2, 0.25) is 0 Å². The second-order valence-corrected chi connectivity index (χ2v) is 7.17. The van der Waals surface area contributed by atoms with Gasteiger partial charge >= 0.3 is 0 Å². The van der Waals surface area contributed by atoms with Crippen molar-refractivity contribution in [3.8, 4) is 17.0 Å². The highest BCUT2D eigenvalue weighted by Crippen LogP contribution is 2.30. The molecule has 1 aliphatic heterocycles. The molecule has 0 bridgehead atoms. The molecule has 0 spiro atoms. The van der Waals surface area contributed by atoms with Gasteiger partial charge in [0, 0.05) is 35.9 Å². The average Bonchev–Trinajstić information content (AvgIpc) is 2.81. The first-order valence-electron chi connectivity index (χ1n) is 10.0. The number of rotatable bonds is 6. The molecule has 0 unspecified atom stereocenters. The maximum Gasteiger partial charge on any atom is 0.227 e. The SMILES string of the molecule is N/N=C(\N)c1cccc(Nc2nccc(-c3ccc(OC4CCOCC4)c(N)c3)n2)c1. The smallest absolute Gasteiger partial charge is 0.227 e. The lowest BCUT2D eigenvalue weighted by molar-refractivity contribution is 0.0259. The normalized spacial score (nSPS) is 14.9. The molecular weight excluding hydrogens is 394 g/mol. The second kappa shape index (κ2) is 9.31. The first-order valence-corrected chi connectivity index (χ1v) is 10.0. The molecule has 1 aliphatic rings. The quantitative estimate of drug-likeness (QED) is 0.157. The van der Waals surface area contributed by atoms with E-state index in [4.69, 9.17) is 26.8 Å². The molecule has 0 atom stereocenters. The van der Waals surface area contributed by atoms with Crippen molar-refractivity contribution in [3.63, 3.8) is 0 Å². The van der Waals surface area contributed by atoms with Gasteiger partial charge in [-0.2, -0.15) is 5.10 Å². The fourth-order valence-electron chi connectivity index (χ4n) is 3.33. The van der Waals surface area contributed by atoms with Gasteiger partial charge in [-0.05, 0) is 36.4 Å². The Kier molecular flexibility index (Phi) is 6.13. The van der Waals surface area contributed by atoms with Crippen LogP contribution in [-0.2, 0) is 4.74 Å². The zero-order valence-electron chi connectivity index (χ0n) is 17.0. The molecule has 1 fully saturated rings. The van der Waals surface area contributed by atoms with E-state index >= 15 is 0 Å². The predicted octanol–water partition coefficient (Wildman–Crippen LogP) is 2.61. The number of nitrogens with zero attached hydrogens (tertiary/aromatic N) is 3. The zero-order chi connectivity index (χ0) is 21.6. The summed E-state index contributed by atoms with van der Waals surface area (Å²) in [6, 6.07) is 14.9. The monoisotopic (exact) mass is 419 g/mol. The fourth-order valence-corrected chi connectivity index (χ4v) is 3.33. The van der Waals surface area contributed by atoms with E-state index < -0.39 is 0 Å². The van der Waals surface area contributed by atoms with Crippen LogP contribution in [0.5, 0.6) is 5.75 Å². The maximum atomic E-state index is 6.25. The van der Waals surface area contributed by atoms with E-state index in [1.54, 1.807) is 6.20 Å². The zero-order valence-corrected chi connectivity index (χ0v) is 17.0. The van der Waals surface area contributed by atoms with Crippen molar-refractivity contribution in [1.29, 1.82) is 0 Å². The number of nitrogens with one attached hydrogen (secondary N) is 1. The minimum atomic E-state index is 0.130. The van der Waals surface area contributed by atoms with Gasteiger partial charge in [-0.3, -0.25) is 0 Å². The summed E-state index contributed by atoms with van der Waals surface area (Å²) in [5, 5.41) is 6.69. The van der Waals surface area contributed by atoms with Crippen LogP contribution >= 0.6 is 0 Å². The summed E-state index contributed by atoms with van der Waals surface area (Å²) < 4.78 is 11.4. The Morgan fingerprint density at radius 3 is 2.74 bits per heavy atom. The molecule has 1 saturated heterocycles. The summed E-state index contributed by atoms with van der Waals surface area (Å²) >= 11 is 0. The second-order valence-electron chi connectivity index (χ2n) is 7.17. The minimum Gasteiger partial charge on any atom is -0.488 e.